The lowest BCUT2D eigenvalue weighted by Gasteiger charge is -2.33. The van der Waals surface area contributed by atoms with Crippen LogP contribution in [0.4, 0.5) is 0 Å². The number of piperidine rings is 1. The number of hydrogen-bond donors (Lipinski definition) is 2. The highest BCUT2D eigenvalue weighted by Gasteiger charge is 2.19. The molecule has 0 bridgehead atoms. The first-order chi connectivity index (χ1) is 11.1. The van der Waals surface area contributed by atoms with E-state index in [4.69, 9.17) is 0 Å². The monoisotopic (exact) mass is 463 g/mol. The van der Waals surface area contributed by atoms with Gasteiger partial charge < -0.3 is 10.6 Å². The summed E-state index contributed by atoms with van der Waals surface area (Å²) < 4.78 is 0. The first-order valence-electron chi connectivity index (χ1n) is 8.32. The first-order valence-corrected chi connectivity index (χ1v) is 9.13. The van der Waals surface area contributed by atoms with E-state index in [1.54, 1.807) is 11.3 Å². The van der Waals surface area contributed by atoms with E-state index in [-0.39, 0.29) is 24.0 Å². The van der Waals surface area contributed by atoms with Crippen LogP contribution in [-0.4, -0.2) is 55.1 Å². The molecule has 0 radical (unpaired) electrons. The Bertz CT molecular complexity index is 535. The van der Waals surface area contributed by atoms with Crippen molar-refractivity contribution in [3.05, 3.63) is 28.2 Å². The van der Waals surface area contributed by atoms with Gasteiger partial charge in [-0.1, -0.05) is 12.2 Å². The van der Waals surface area contributed by atoms with Gasteiger partial charge in [-0.2, -0.15) is 0 Å². The van der Waals surface area contributed by atoms with Crippen LogP contribution in [0.5, 0.6) is 0 Å². The summed E-state index contributed by atoms with van der Waals surface area (Å²) in [5, 5.41) is 8.12. The molecule has 0 spiro atoms. The van der Waals surface area contributed by atoms with Crippen LogP contribution >= 0.6 is 35.3 Å². The summed E-state index contributed by atoms with van der Waals surface area (Å²) in [4.78, 5) is 12.5. The van der Waals surface area contributed by atoms with Gasteiger partial charge in [0.05, 0.1) is 5.01 Å². The third-order valence-electron chi connectivity index (χ3n) is 3.95. The van der Waals surface area contributed by atoms with E-state index >= 15 is 0 Å². The number of nitrogens with one attached hydrogen (secondary N) is 2. The quantitative estimate of drug-likeness (QED) is 0.295. The van der Waals surface area contributed by atoms with Crippen molar-refractivity contribution in [1.82, 2.24) is 20.5 Å². The number of likely N-dealkylation sites (tertiary alicyclic amines) is 1. The van der Waals surface area contributed by atoms with Gasteiger partial charge >= 0.3 is 0 Å². The van der Waals surface area contributed by atoms with Crippen LogP contribution in [-0.2, 0) is 6.42 Å². The molecule has 1 aromatic rings. The molecule has 2 heterocycles. The summed E-state index contributed by atoms with van der Waals surface area (Å²) in [5.41, 5.74) is 1.24. The molecule has 0 saturated carbocycles. The zero-order chi connectivity index (χ0) is 16.7. The number of guanidine groups is 1. The van der Waals surface area contributed by atoms with Gasteiger partial charge in [0.2, 0.25) is 0 Å². The SMILES string of the molecule is C=C(C)CN1CCC(NC(=NC)NCCc2ncc(C)s2)CC1.I. The van der Waals surface area contributed by atoms with Crippen LogP contribution < -0.4 is 10.6 Å². The smallest absolute Gasteiger partial charge is 0.191 e. The Labute approximate surface area is 167 Å². The van der Waals surface area contributed by atoms with E-state index in [2.05, 4.69) is 45.9 Å². The van der Waals surface area contributed by atoms with Crippen LogP contribution in [0.3, 0.4) is 0 Å². The highest BCUT2D eigenvalue weighted by molar-refractivity contribution is 14.0. The number of aryl methyl sites for hydroxylation is 1. The second-order valence-electron chi connectivity index (χ2n) is 6.27. The number of thiazole rings is 1. The molecule has 1 fully saturated rings. The van der Waals surface area contributed by atoms with Gasteiger partial charge in [0.1, 0.15) is 0 Å². The van der Waals surface area contributed by atoms with Crippen LogP contribution in [0.15, 0.2) is 23.3 Å². The maximum absolute atomic E-state index is 4.39. The molecule has 5 nitrogen and oxygen atoms in total. The molecular weight excluding hydrogens is 433 g/mol. The Morgan fingerprint density at radius 2 is 2.17 bits per heavy atom. The van der Waals surface area contributed by atoms with Crippen molar-refractivity contribution >= 4 is 41.3 Å². The predicted molar refractivity (Wildman–Crippen MR) is 115 cm³/mol. The van der Waals surface area contributed by atoms with Gasteiger partial charge in [0.15, 0.2) is 5.96 Å². The normalized spacial score (nSPS) is 16.5. The Kier molecular flexibility index (Phi) is 9.84. The van der Waals surface area contributed by atoms with Crippen molar-refractivity contribution in [2.45, 2.75) is 39.2 Å². The zero-order valence-corrected chi connectivity index (χ0v) is 18.1. The Morgan fingerprint density at radius 3 is 2.71 bits per heavy atom. The fourth-order valence-electron chi connectivity index (χ4n) is 2.81. The van der Waals surface area contributed by atoms with Gasteiger partial charge in [-0.05, 0) is 26.7 Å². The molecule has 1 saturated heterocycles. The van der Waals surface area contributed by atoms with E-state index < -0.39 is 0 Å². The molecule has 2 N–H and O–H groups in total. The van der Waals surface area contributed by atoms with Crippen LogP contribution in [0.25, 0.3) is 0 Å². The van der Waals surface area contributed by atoms with Gasteiger partial charge in [0, 0.05) is 56.8 Å². The number of aliphatic imine (C=N–C) groups is 1. The summed E-state index contributed by atoms with van der Waals surface area (Å²) in [6, 6.07) is 0.504. The van der Waals surface area contributed by atoms with Crippen molar-refractivity contribution in [1.29, 1.82) is 0 Å². The number of rotatable bonds is 6. The van der Waals surface area contributed by atoms with Crippen LogP contribution in [0.2, 0.25) is 0 Å². The Morgan fingerprint density at radius 1 is 1.46 bits per heavy atom. The lowest BCUT2D eigenvalue weighted by atomic mass is 10.0. The van der Waals surface area contributed by atoms with Gasteiger partial charge in [0.25, 0.3) is 0 Å². The standard InChI is InChI=1S/C17H29N5S.HI/c1-13(2)12-22-9-6-15(7-10-22)21-17(18-4)19-8-5-16-20-11-14(3)23-16;/h11,15H,1,5-10,12H2,2-4H3,(H2,18,19,21);1H. The molecule has 1 aromatic heterocycles. The molecule has 0 aliphatic carbocycles. The molecule has 1 aliphatic heterocycles. The number of aromatic nitrogens is 1. The summed E-state index contributed by atoms with van der Waals surface area (Å²) in [5.74, 6) is 0.900. The lowest BCUT2D eigenvalue weighted by Crippen LogP contribution is -2.49. The van der Waals surface area contributed by atoms with Crippen molar-refractivity contribution in [2.24, 2.45) is 4.99 Å². The molecule has 1 aliphatic rings. The minimum absolute atomic E-state index is 0. The van der Waals surface area contributed by atoms with E-state index in [0.29, 0.717) is 6.04 Å². The van der Waals surface area contributed by atoms with Crippen LogP contribution in [0, 0.1) is 6.92 Å². The van der Waals surface area contributed by atoms with Crippen molar-refractivity contribution in [3.63, 3.8) is 0 Å². The fraction of sp³-hybridized carbons (Fsp3) is 0.647. The Balaban J connectivity index is 0.00000288. The highest BCUT2D eigenvalue weighted by Crippen LogP contribution is 2.12. The maximum atomic E-state index is 4.39. The molecular formula is C17H30IN5S. The largest absolute Gasteiger partial charge is 0.356 e. The zero-order valence-electron chi connectivity index (χ0n) is 15.0. The predicted octanol–water partition coefficient (Wildman–Crippen LogP) is 2.82. The second-order valence-corrected chi connectivity index (χ2v) is 7.58. The van der Waals surface area contributed by atoms with Crippen molar-refractivity contribution in [2.75, 3.05) is 33.2 Å². The summed E-state index contributed by atoms with van der Waals surface area (Å²) in [6.45, 7) is 12.3. The number of hydrogen-bond acceptors (Lipinski definition) is 4. The average Bonchev–Trinajstić information content (AvgIpc) is 2.93. The fourth-order valence-corrected chi connectivity index (χ4v) is 3.60. The van der Waals surface area contributed by atoms with Crippen molar-refractivity contribution in [3.8, 4) is 0 Å². The minimum atomic E-state index is 0. The molecule has 0 aromatic carbocycles. The molecule has 2 rings (SSSR count). The van der Waals surface area contributed by atoms with Crippen LogP contribution in [0.1, 0.15) is 29.7 Å². The molecule has 0 amide bonds. The van der Waals surface area contributed by atoms with Crippen molar-refractivity contribution < 1.29 is 0 Å². The highest BCUT2D eigenvalue weighted by atomic mass is 127. The third-order valence-corrected chi connectivity index (χ3v) is 4.92. The molecule has 7 heteroatoms. The van der Waals surface area contributed by atoms with E-state index in [1.807, 2.05) is 13.2 Å². The Hall–Kier alpha value is -0.670. The number of halogens is 1. The summed E-state index contributed by atoms with van der Waals surface area (Å²) >= 11 is 1.76. The third kappa shape index (κ3) is 7.48. The molecule has 0 atom stereocenters. The number of nitrogens with zero attached hydrogens (tertiary/aromatic N) is 3. The molecule has 136 valence electrons. The topological polar surface area (TPSA) is 52.5 Å². The summed E-state index contributed by atoms with van der Waals surface area (Å²) in [7, 11) is 1.83. The minimum Gasteiger partial charge on any atom is -0.356 e. The van der Waals surface area contributed by atoms with Gasteiger partial charge in [-0.15, -0.1) is 35.3 Å². The maximum Gasteiger partial charge on any atom is 0.191 e. The van der Waals surface area contributed by atoms with E-state index in [0.717, 1.165) is 51.4 Å². The lowest BCUT2D eigenvalue weighted by molar-refractivity contribution is 0.221. The average molecular weight is 463 g/mol. The molecule has 24 heavy (non-hydrogen) atoms. The molecule has 0 unspecified atom stereocenters. The summed E-state index contributed by atoms with van der Waals surface area (Å²) in [6.07, 6.45) is 5.18. The first kappa shape index (κ1) is 21.4. The van der Waals surface area contributed by atoms with E-state index in [9.17, 15) is 0 Å². The van der Waals surface area contributed by atoms with Gasteiger partial charge in [-0.3, -0.25) is 9.89 Å². The second kappa shape index (κ2) is 11.0. The van der Waals surface area contributed by atoms with Gasteiger partial charge in [-0.25, -0.2) is 4.98 Å². The van der Waals surface area contributed by atoms with E-state index in [1.165, 1.54) is 15.5 Å².